The summed E-state index contributed by atoms with van der Waals surface area (Å²) in [4.78, 5) is 21.8. The van der Waals surface area contributed by atoms with E-state index in [1.807, 2.05) is 4.72 Å². The lowest BCUT2D eigenvalue weighted by molar-refractivity contribution is -0.138. The molecule has 0 bridgehead atoms. The lowest BCUT2D eigenvalue weighted by atomic mass is 10.2. The predicted octanol–water partition coefficient (Wildman–Crippen LogP) is 0.878. The van der Waals surface area contributed by atoms with Gasteiger partial charge in [-0.15, -0.1) is 0 Å². The second-order valence-electron chi connectivity index (χ2n) is 3.81. The Hall–Kier alpha value is -1.64. The SMILES string of the molecule is COC(=O)c1ccc(Cl)cc1S(=O)(=O)NC(C)C(=O)O. The highest BCUT2D eigenvalue weighted by Gasteiger charge is 2.27. The number of halogens is 1. The van der Waals surface area contributed by atoms with Crippen molar-refractivity contribution in [2.24, 2.45) is 0 Å². The molecule has 0 aromatic heterocycles. The van der Waals surface area contributed by atoms with E-state index < -0.39 is 32.9 Å². The minimum Gasteiger partial charge on any atom is -0.480 e. The molecule has 9 heteroatoms. The van der Waals surface area contributed by atoms with Gasteiger partial charge in [-0.2, -0.15) is 4.72 Å². The van der Waals surface area contributed by atoms with Crippen molar-refractivity contribution in [3.05, 3.63) is 28.8 Å². The van der Waals surface area contributed by atoms with Gasteiger partial charge in [-0.1, -0.05) is 11.6 Å². The van der Waals surface area contributed by atoms with E-state index in [0.29, 0.717) is 0 Å². The minimum absolute atomic E-state index is 0.0843. The molecule has 7 nitrogen and oxygen atoms in total. The van der Waals surface area contributed by atoms with Crippen molar-refractivity contribution < 1.29 is 27.9 Å². The van der Waals surface area contributed by atoms with E-state index in [4.69, 9.17) is 16.7 Å². The van der Waals surface area contributed by atoms with Crippen molar-refractivity contribution in [1.29, 1.82) is 0 Å². The number of carbonyl (C=O) groups excluding carboxylic acids is 1. The van der Waals surface area contributed by atoms with Crippen LogP contribution >= 0.6 is 11.6 Å². The van der Waals surface area contributed by atoms with Crippen LogP contribution in [0.5, 0.6) is 0 Å². The topological polar surface area (TPSA) is 110 Å². The molecule has 0 saturated carbocycles. The van der Waals surface area contributed by atoms with E-state index in [-0.39, 0.29) is 10.6 Å². The number of carbonyl (C=O) groups is 2. The van der Waals surface area contributed by atoms with Gasteiger partial charge in [0.25, 0.3) is 0 Å². The molecule has 0 radical (unpaired) electrons. The maximum absolute atomic E-state index is 12.1. The molecule has 0 aliphatic heterocycles. The minimum atomic E-state index is -4.23. The average molecular weight is 322 g/mol. The molecule has 0 aliphatic rings. The molecule has 0 spiro atoms. The second kappa shape index (κ2) is 6.21. The maximum atomic E-state index is 12.1. The molecule has 2 N–H and O–H groups in total. The first kappa shape index (κ1) is 16.4. The fourth-order valence-electron chi connectivity index (χ4n) is 1.34. The van der Waals surface area contributed by atoms with Crippen LogP contribution in [0.3, 0.4) is 0 Å². The number of hydrogen-bond donors (Lipinski definition) is 2. The van der Waals surface area contributed by atoms with Crippen LogP contribution in [0.4, 0.5) is 0 Å². The van der Waals surface area contributed by atoms with Crippen LogP contribution in [0.2, 0.25) is 5.02 Å². The predicted molar refractivity (Wildman–Crippen MR) is 70.2 cm³/mol. The van der Waals surface area contributed by atoms with Gasteiger partial charge in [0.2, 0.25) is 10.0 Å². The number of carboxylic acids is 1. The number of benzene rings is 1. The number of rotatable bonds is 5. The molecule has 0 fully saturated rings. The largest absolute Gasteiger partial charge is 0.480 e. The molecule has 0 aliphatic carbocycles. The summed E-state index contributed by atoms with van der Waals surface area (Å²) in [5, 5.41) is 8.81. The molecular formula is C11H12ClNO6S. The molecule has 0 saturated heterocycles. The summed E-state index contributed by atoms with van der Waals surface area (Å²) in [5.74, 6) is -2.22. The summed E-state index contributed by atoms with van der Waals surface area (Å²) in [6.45, 7) is 1.16. The number of nitrogens with one attached hydrogen (secondary N) is 1. The van der Waals surface area contributed by atoms with Crippen LogP contribution in [-0.2, 0) is 19.6 Å². The highest BCUT2D eigenvalue weighted by molar-refractivity contribution is 7.89. The van der Waals surface area contributed by atoms with E-state index in [9.17, 15) is 18.0 Å². The van der Waals surface area contributed by atoms with Crippen molar-refractivity contribution in [3.63, 3.8) is 0 Å². The van der Waals surface area contributed by atoms with Gasteiger partial charge >= 0.3 is 11.9 Å². The summed E-state index contributed by atoms with van der Waals surface area (Å²) in [7, 11) is -3.13. The zero-order valence-corrected chi connectivity index (χ0v) is 12.2. The molecule has 0 amide bonds. The Morgan fingerprint density at radius 3 is 2.50 bits per heavy atom. The number of esters is 1. The molecule has 110 valence electrons. The summed E-state index contributed by atoms with van der Waals surface area (Å²) in [6, 6.07) is 2.20. The Balaban J connectivity index is 3.33. The van der Waals surface area contributed by atoms with Crippen LogP contribution in [0.1, 0.15) is 17.3 Å². The number of aliphatic carboxylic acids is 1. The first-order valence-corrected chi connectivity index (χ1v) is 7.18. The van der Waals surface area contributed by atoms with Crippen LogP contribution in [-0.4, -0.2) is 38.6 Å². The normalized spacial score (nSPS) is 12.8. The van der Waals surface area contributed by atoms with Gasteiger partial charge in [0.05, 0.1) is 17.6 Å². The highest BCUT2D eigenvalue weighted by Crippen LogP contribution is 2.21. The Bertz CT molecular complexity index is 642. The van der Waals surface area contributed by atoms with Crippen molar-refractivity contribution in [3.8, 4) is 0 Å². The van der Waals surface area contributed by atoms with Crippen molar-refractivity contribution in [1.82, 2.24) is 4.72 Å². The quantitative estimate of drug-likeness (QED) is 0.779. The first-order valence-electron chi connectivity index (χ1n) is 5.32. The van der Waals surface area contributed by atoms with Gasteiger partial charge < -0.3 is 9.84 Å². The fourth-order valence-corrected chi connectivity index (χ4v) is 3.00. The molecule has 1 aromatic carbocycles. The third-order valence-electron chi connectivity index (χ3n) is 2.34. The molecule has 20 heavy (non-hydrogen) atoms. The zero-order valence-electron chi connectivity index (χ0n) is 10.6. The third kappa shape index (κ3) is 3.69. The second-order valence-corrected chi connectivity index (χ2v) is 5.93. The van der Waals surface area contributed by atoms with Gasteiger partial charge in [-0.25, -0.2) is 13.2 Å². The van der Waals surface area contributed by atoms with Crippen LogP contribution in [0.15, 0.2) is 23.1 Å². The van der Waals surface area contributed by atoms with Gasteiger partial charge in [-0.3, -0.25) is 4.79 Å². The van der Waals surface area contributed by atoms with Gasteiger partial charge in [0.1, 0.15) is 6.04 Å². The van der Waals surface area contributed by atoms with Crippen LogP contribution in [0, 0.1) is 0 Å². The Morgan fingerprint density at radius 1 is 1.40 bits per heavy atom. The molecular weight excluding hydrogens is 310 g/mol. The van der Waals surface area contributed by atoms with Crippen molar-refractivity contribution in [2.75, 3.05) is 7.11 Å². The Morgan fingerprint density at radius 2 is 2.00 bits per heavy atom. The van der Waals surface area contributed by atoms with E-state index in [0.717, 1.165) is 20.1 Å². The third-order valence-corrected chi connectivity index (χ3v) is 4.16. The monoisotopic (exact) mass is 321 g/mol. The Labute approximate surface area is 120 Å². The Kier molecular flexibility index (Phi) is 5.09. The molecule has 1 atom stereocenters. The standard InChI is InChI=1S/C11H12ClNO6S/c1-6(10(14)15)13-20(17,18)9-5-7(12)3-4-8(9)11(16)19-2/h3-6,13H,1-2H3,(H,14,15). The van der Waals surface area contributed by atoms with Gasteiger partial charge in [-0.05, 0) is 25.1 Å². The molecule has 1 unspecified atom stereocenters. The first-order chi connectivity index (χ1) is 9.19. The zero-order chi connectivity index (χ0) is 15.5. The molecule has 0 heterocycles. The smallest absolute Gasteiger partial charge is 0.339 e. The van der Waals surface area contributed by atoms with Crippen molar-refractivity contribution >= 4 is 33.6 Å². The van der Waals surface area contributed by atoms with Crippen molar-refractivity contribution in [2.45, 2.75) is 17.9 Å². The van der Waals surface area contributed by atoms with E-state index in [1.54, 1.807) is 0 Å². The van der Waals surface area contributed by atoms with E-state index in [1.165, 1.54) is 12.1 Å². The summed E-state index contributed by atoms with van der Waals surface area (Å²) in [5.41, 5.74) is -0.234. The van der Waals surface area contributed by atoms with Gasteiger partial charge in [0, 0.05) is 5.02 Å². The number of carboxylic acid groups (broad SMARTS) is 1. The summed E-state index contributed by atoms with van der Waals surface area (Å²) in [6.07, 6.45) is 0. The highest BCUT2D eigenvalue weighted by atomic mass is 35.5. The number of hydrogen-bond acceptors (Lipinski definition) is 5. The number of sulfonamides is 1. The van der Waals surface area contributed by atoms with Gasteiger partial charge in [0.15, 0.2) is 0 Å². The summed E-state index contributed by atoms with van der Waals surface area (Å²) < 4.78 is 30.6. The van der Waals surface area contributed by atoms with E-state index in [2.05, 4.69) is 4.74 Å². The van der Waals surface area contributed by atoms with Crippen LogP contribution < -0.4 is 4.72 Å². The van der Waals surface area contributed by atoms with Crippen LogP contribution in [0.25, 0.3) is 0 Å². The molecule has 1 aromatic rings. The van der Waals surface area contributed by atoms with E-state index >= 15 is 0 Å². The lowest BCUT2D eigenvalue weighted by Crippen LogP contribution is -2.38. The summed E-state index contributed by atoms with van der Waals surface area (Å²) >= 11 is 5.71. The molecule has 1 rings (SSSR count). The average Bonchev–Trinajstić information content (AvgIpc) is 2.37. The fraction of sp³-hybridized carbons (Fsp3) is 0.273. The lowest BCUT2D eigenvalue weighted by Gasteiger charge is -2.13. The maximum Gasteiger partial charge on any atom is 0.339 e. The number of ether oxygens (including phenoxy) is 1. The number of methoxy groups -OCH3 is 1.